The van der Waals surface area contributed by atoms with Crippen molar-refractivity contribution in [2.75, 3.05) is 31.7 Å². The Kier molecular flexibility index (Phi) is 4.27. The molecule has 3 rings (SSSR count). The molecule has 2 aliphatic rings. The van der Waals surface area contributed by atoms with E-state index < -0.39 is 5.41 Å². The van der Waals surface area contributed by atoms with Crippen LogP contribution in [-0.2, 0) is 22.6 Å². The lowest BCUT2D eigenvalue weighted by atomic mass is 9.90. The molecular formula is C16H19BrFNO4. The number of benzene rings is 1. The average Bonchev–Trinajstić information content (AvgIpc) is 3.17. The number of ether oxygens (including phenoxy) is 2. The van der Waals surface area contributed by atoms with Crippen LogP contribution in [0.2, 0.25) is 0 Å². The van der Waals surface area contributed by atoms with Gasteiger partial charge in [-0.25, -0.2) is 4.39 Å². The average molecular weight is 388 g/mol. The first kappa shape index (κ1) is 16.5. The Labute approximate surface area is 142 Å². The van der Waals surface area contributed by atoms with E-state index in [-0.39, 0.29) is 22.9 Å². The Morgan fingerprint density at radius 2 is 2.30 bits per heavy atom. The maximum atomic E-state index is 14.4. The van der Waals surface area contributed by atoms with E-state index in [0.29, 0.717) is 55.1 Å². The highest BCUT2D eigenvalue weighted by Gasteiger charge is 2.43. The van der Waals surface area contributed by atoms with Crippen LogP contribution in [0.5, 0.6) is 5.75 Å². The van der Waals surface area contributed by atoms with Gasteiger partial charge in [0.05, 0.1) is 35.9 Å². The van der Waals surface area contributed by atoms with Crippen LogP contribution in [0.3, 0.4) is 0 Å². The number of aliphatic hydroxyl groups is 1. The third-order valence-electron chi connectivity index (χ3n) is 4.72. The fourth-order valence-corrected chi connectivity index (χ4v) is 3.98. The number of anilines is 1. The standard InChI is InChI=1S/C16H19BrFNO4/c1-16(15(21)22-2)4-5-19(8-16)13-10(7-20)11(17)12(18)9-3-6-23-14(9)13/h20H,3-8H2,1-2H3/t16-/m0/s1. The first-order valence-electron chi connectivity index (χ1n) is 7.52. The van der Waals surface area contributed by atoms with Gasteiger partial charge >= 0.3 is 5.97 Å². The maximum Gasteiger partial charge on any atom is 0.313 e. The molecule has 2 aliphatic heterocycles. The van der Waals surface area contributed by atoms with Gasteiger partial charge in [-0.2, -0.15) is 0 Å². The van der Waals surface area contributed by atoms with Crippen LogP contribution in [0, 0.1) is 11.2 Å². The van der Waals surface area contributed by atoms with Gasteiger partial charge in [0.15, 0.2) is 0 Å². The van der Waals surface area contributed by atoms with Crippen LogP contribution in [-0.4, -0.2) is 37.9 Å². The molecule has 0 bridgehead atoms. The van der Waals surface area contributed by atoms with Crippen molar-refractivity contribution in [3.63, 3.8) is 0 Å². The molecule has 0 saturated carbocycles. The smallest absolute Gasteiger partial charge is 0.313 e. The van der Waals surface area contributed by atoms with E-state index >= 15 is 0 Å². The van der Waals surface area contributed by atoms with Gasteiger partial charge in [-0.1, -0.05) is 0 Å². The lowest BCUT2D eigenvalue weighted by Crippen LogP contribution is -2.33. The molecule has 0 spiro atoms. The number of carbonyl (C=O) groups excluding carboxylic acids is 1. The van der Waals surface area contributed by atoms with Crippen molar-refractivity contribution in [3.05, 3.63) is 21.4 Å². The molecule has 1 aromatic rings. The number of methoxy groups -OCH3 is 1. The summed E-state index contributed by atoms with van der Waals surface area (Å²) in [6, 6.07) is 0. The Morgan fingerprint density at radius 3 is 2.96 bits per heavy atom. The predicted molar refractivity (Wildman–Crippen MR) is 86.2 cm³/mol. The van der Waals surface area contributed by atoms with E-state index in [1.165, 1.54) is 7.11 Å². The number of rotatable bonds is 3. The highest BCUT2D eigenvalue weighted by molar-refractivity contribution is 9.10. The fourth-order valence-electron chi connectivity index (χ4n) is 3.43. The predicted octanol–water partition coefficient (Wildman–Crippen LogP) is 2.40. The second kappa shape index (κ2) is 5.94. The summed E-state index contributed by atoms with van der Waals surface area (Å²) in [5, 5.41) is 9.73. The van der Waals surface area contributed by atoms with Gasteiger partial charge in [-0.05, 0) is 29.3 Å². The molecule has 1 saturated heterocycles. The van der Waals surface area contributed by atoms with Crippen LogP contribution in [0.1, 0.15) is 24.5 Å². The van der Waals surface area contributed by atoms with E-state index in [2.05, 4.69) is 15.9 Å². The molecule has 1 fully saturated rings. The summed E-state index contributed by atoms with van der Waals surface area (Å²) < 4.78 is 25.2. The number of carbonyl (C=O) groups is 1. The quantitative estimate of drug-likeness (QED) is 0.807. The van der Waals surface area contributed by atoms with Gasteiger partial charge in [-0.3, -0.25) is 4.79 Å². The van der Waals surface area contributed by atoms with Crippen molar-refractivity contribution in [2.45, 2.75) is 26.4 Å². The zero-order valence-corrected chi connectivity index (χ0v) is 14.7. The summed E-state index contributed by atoms with van der Waals surface area (Å²) in [4.78, 5) is 14.0. The van der Waals surface area contributed by atoms with Gasteiger partial charge in [-0.15, -0.1) is 0 Å². The van der Waals surface area contributed by atoms with E-state index in [4.69, 9.17) is 9.47 Å². The first-order chi connectivity index (χ1) is 10.9. The molecule has 7 heteroatoms. The zero-order valence-electron chi connectivity index (χ0n) is 13.1. The van der Waals surface area contributed by atoms with Gasteiger partial charge < -0.3 is 19.5 Å². The van der Waals surface area contributed by atoms with Gasteiger partial charge in [0.1, 0.15) is 11.6 Å². The molecule has 0 amide bonds. The summed E-state index contributed by atoms with van der Waals surface area (Å²) in [6.07, 6.45) is 1.13. The molecule has 0 aliphatic carbocycles. The van der Waals surface area contributed by atoms with Crippen LogP contribution in [0.25, 0.3) is 0 Å². The third-order valence-corrected chi connectivity index (χ3v) is 5.55. The van der Waals surface area contributed by atoms with E-state index in [1.807, 2.05) is 11.8 Å². The number of esters is 1. The van der Waals surface area contributed by atoms with E-state index in [9.17, 15) is 14.3 Å². The minimum Gasteiger partial charge on any atom is -0.491 e. The van der Waals surface area contributed by atoms with Crippen LogP contribution in [0.4, 0.5) is 10.1 Å². The molecule has 0 radical (unpaired) electrons. The third kappa shape index (κ3) is 2.50. The highest BCUT2D eigenvalue weighted by atomic mass is 79.9. The number of fused-ring (bicyclic) bond motifs is 1. The number of hydrogen-bond donors (Lipinski definition) is 1. The van der Waals surface area contributed by atoms with E-state index in [1.54, 1.807) is 0 Å². The summed E-state index contributed by atoms with van der Waals surface area (Å²) in [6.45, 7) is 3.03. The Balaban J connectivity index is 2.06. The SMILES string of the molecule is COC(=O)[C@@]1(C)CCN(c2c(CO)c(Br)c(F)c3c2OCC3)C1. The molecule has 0 aromatic heterocycles. The summed E-state index contributed by atoms with van der Waals surface area (Å²) >= 11 is 3.25. The van der Waals surface area contributed by atoms with Crippen molar-refractivity contribution in [1.82, 2.24) is 0 Å². The molecule has 23 heavy (non-hydrogen) atoms. The second-order valence-corrected chi connectivity index (χ2v) is 7.04. The van der Waals surface area contributed by atoms with Crippen molar-refractivity contribution < 1.29 is 23.8 Å². The Morgan fingerprint density at radius 1 is 1.57 bits per heavy atom. The zero-order chi connectivity index (χ0) is 16.8. The molecule has 0 unspecified atom stereocenters. The molecule has 5 nitrogen and oxygen atoms in total. The van der Waals surface area contributed by atoms with Crippen molar-refractivity contribution in [2.24, 2.45) is 5.41 Å². The topological polar surface area (TPSA) is 59.0 Å². The fraction of sp³-hybridized carbons (Fsp3) is 0.562. The van der Waals surface area contributed by atoms with Crippen molar-refractivity contribution in [1.29, 1.82) is 0 Å². The summed E-state index contributed by atoms with van der Waals surface area (Å²) in [5.41, 5.74) is 1.04. The molecule has 1 aromatic carbocycles. The lowest BCUT2D eigenvalue weighted by Gasteiger charge is -2.27. The number of hydrogen-bond acceptors (Lipinski definition) is 5. The number of nitrogens with zero attached hydrogens (tertiary/aromatic N) is 1. The van der Waals surface area contributed by atoms with Gasteiger partial charge in [0, 0.05) is 30.6 Å². The molecular weight excluding hydrogens is 369 g/mol. The minimum absolute atomic E-state index is 0.260. The van der Waals surface area contributed by atoms with Crippen molar-refractivity contribution >= 4 is 27.6 Å². The Bertz CT molecular complexity index is 662. The van der Waals surface area contributed by atoms with Crippen LogP contribution >= 0.6 is 15.9 Å². The minimum atomic E-state index is -0.617. The Hall–Kier alpha value is -1.34. The van der Waals surface area contributed by atoms with Crippen molar-refractivity contribution in [3.8, 4) is 5.75 Å². The largest absolute Gasteiger partial charge is 0.491 e. The first-order valence-corrected chi connectivity index (χ1v) is 8.32. The maximum absolute atomic E-state index is 14.4. The highest BCUT2D eigenvalue weighted by Crippen LogP contribution is 2.47. The molecule has 126 valence electrons. The molecule has 1 N–H and O–H groups in total. The molecule has 2 heterocycles. The number of halogens is 2. The van der Waals surface area contributed by atoms with Crippen LogP contribution < -0.4 is 9.64 Å². The van der Waals surface area contributed by atoms with Gasteiger partial charge in [0.25, 0.3) is 0 Å². The van der Waals surface area contributed by atoms with Crippen LogP contribution in [0.15, 0.2) is 4.47 Å². The summed E-state index contributed by atoms with van der Waals surface area (Å²) in [7, 11) is 1.38. The lowest BCUT2D eigenvalue weighted by molar-refractivity contribution is -0.150. The second-order valence-electron chi connectivity index (χ2n) is 6.24. The normalized spacial score (nSPS) is 22.9. The van der Waals surface area contributed by atoms with E-state index in [0.717, 1.165) is 0 Å². The molecule has 1 atom stereocenters. The number of aliphatic hydroxyl groups excluding tert-OH is 1. The van der Waals surface area contributed by atoms with Gasteiger partial charge in [0.2, 0.25) is 0 Å². The summed E-state index contributed by atoms with van der Waals surface area (Å²) in [5.74, 6) is -0.145. The monoisotopic (exact) mass is 387 g/mol.